The van der Waals surface area contributed by atoms with Gasteiger partial charge in [0.15, 0.2) is 0 Å². The molecule has 0 aliphatic carbocycles. The molecule has 4 atom stereocenters. The highest BCUT2D eigenvalue weighted by Gasteiger charge is 2.29. The zero-order valence-electron chi connectivity index (χ0n) is 37.2. The van der Waals surface area contributed by atoms with Gasteiger partial charge in [0.2, 0.25) is 0 Å². The molecule has 3 heterocycles. The van der Waals surface area contributed by atoms with E-state index in [1.54, 1.807) is 24.4 Å². The maximum Gasteiger partial charge on any atom is 0.295 e. The Morgan fingerprint density at radius 1 is 0.709 bits per heavy atom. The van der Waals surface area contributed by atoms with Crippen molar-refractivity contribution in [3.05, 3.63) is 131 Å². The van der Waals surface area contributed by atoms with Gasteiger partial charge in [-0.3, -0.25) is 15.0 Å². The van der Waals surface area contributed by atoms with Crippen LogP contribution in [0.3, 0.4) is 0 Å². The fraction of sp³-hybridized carbons (Fsp3) is 0.511. The highest BCUT2D eigenvalue weighted by Crippen LogP contribution is 2.30. The smallest absolute Gasteiger partial charge is 0.295 e. The monoisotopic (exact) mass is 761 g/mol. The molecule has 0 spiro atoms. The first-order chi connectivity index (χ1) is 27.0. The van der Waals surface area contributed by atoms with E-state index in [1.165, 1.54) is 43.0 Å². The molecule has 8 nitrogen and oxygen atoms in total. The number of aromatic nitrogens is 1. The van der Waals surface area contributed by atoms with E-state index in [0.29, 0.717) is 23.8 Å². The summed E-state index contributed by atoms with van der Waals surface area (Å²) >= 11 is 0. The molecule has 0 saturated carbocycles. The maximum absolute atomic E-state index is 10.8. The number of rotatable bonds is 5. The highest BCUT2D eigenvalue weighted by atomic mass is 16.6. The second-order valence-corrected chi connectivity index (χ2v) is 11.0. The SMILES string of the molecule is CC.CC.CC.CC.CC.CC.CNC1CCCN(C)C1c1ccccc1.NC1CCCNC1c1ccccc1.O=[N+]([O-])c1cccnc1-c1ccccc1. The molecule has 310 valence electrons. The average molecular weight is 761 g/mol. The van der Waals surface area contributed by atoms with Gasteiger partial charge in [-0.25, -0.2) is 4.98 Å². The molecular weight excluding hydrogens is 681 g/mol. The molecule has 4 unspecified atom stereocenters. The predicted molar refractivity (Wildman–Crippen MR) is 243 cm³/mol. The Hall–Kier alpha value is -3.95. The molecule has 8 heteroatoms. The zero-order valence-corrected chi connectivity index (χ0v) is 37.2. The van der Waals surface area contributed by atoms with Crippen molar-refractivity contribution in [2.45, 2.75) is 133 Å². The molecule has 4 N–H and O–H groups in total. The van der Waals surface area contributed by atoms with Gasteiger partial charge >= 0.3 is 0 Å². The van der Waals surface area contributed by atoms with E-state index in [2.05, 4.69) is 89.2 Å². The minimum Gasteiger partial charge on any atom is -0.326 e. The van der Waals surface area contributed by atoms with Gasteiger partial charge in [-0.2, -0.15) is 0 Å². The Labute approximate surface area is 337 Å². The second kappa shape index (κ2) is 38.3. The molecule has 4 aromatic rings. The van der Waals surface area contributed by atoms with E-state index in [4.69, 9.17) is 5.73 Å². The first kappa shape index (κ1) is 55.4. The number of likely N-dealkylation sites (tertiary alicyclic amines) is 1. The number of nitrogens with two attached hydrogens (primary N) is 1. The summed E-state index contributed by atoms with van der Waals surface area (Å²) in [6.45, 7) is 26.3. The van der Waals surface area contributed by atoms with Crippen molar-refractivity contribution in [3.8, 4) is 11.3 Å². The summed E-state index contributed by atoms with van der Waals surface area (Å²) in [5.41, 5.74) is 9.98. The normalized spacial score (nSPS) is 17.7. The number of benzene rings is 3. The Morgan fingerprint density at radius 2 is 1.20 bits per heavy atom. The van der Waals surface area contributed by atoms with Gasteiger partial charge in [-0.05, 0) is 70.1 Å². The van der Waals surface area contributed by atoms with Crippen LogP contribution in [0.5, 0.6) is 0 Å². The summed E-state index contributed by atoms with van der Waals surface area (Å²) in [7, 11) is 4.29. The van der Waals surface area contributed by atoms with Crippen molar-refractivity contribution in [1.29, 1.82) is 0 Å². The fourth-order valence-corrected chi connectivity index (χ4v) is 5.91. The van der Waals surface area contributed by atoms with Crippen LogP contribution in [0.15, 0.2) is 109 Å². The molecule has 3 aromatic carbocycles. The van der Waals surface area contributed by atoms with Crippen LogP contribution in [0, 0.1) is 10.1 Å². The molecule has 2 fully saturated rings. The molecule has 0 bridgehead atoms. The molecular formula is C47H80N6O2. The minimum absolute atomic E-state index is 0.0312. The van der Waals surface area contributed by atoms with Crippen molar-refractivity contribution in [1.82, 2.24) is 20.5 Å². The number of hydrogen-bond acceptors (Lipinski definition) is 7. The van der Waals surface area contributed by atoms with Crippen LogP contribution in [0.1, 0.15) is 132 Å². The lowest BCUT2D eigenvalue weighted by atomic mass is 9.91. The third-order valence-corrected chi connectivity index (χ3v) is 8.09. The Morgan fingerprint density at radius 3 is 1.67 bits per heavy atom. The van der Waals surface area contributed by atoms with Crippen LogP contribution >= 0.6 is 0 Å². The summed E-state index contributed by atoms with van der Waals surface area (Å²) in [6.07, 6.45) is 6.46. The van der Waals surface area contributed by atoms with E-state index in [-0.39, 0.29) is 11.7 Å². The minimum atomic E-state index is -0.421. The standard InChI is InChI=1S/C13H20N2.C11H8N2O2.C11H16N2.6C2H6/c1-14-12-9-6-10-15(2)13(12)11-7-4-3-5-8-11;14-13(15)10-7-4-8-12-11(10)9-5-2-1-3-6-9;12-10-7-4-8-13-11(10)9-5-2-1-3-6-9;6*1-2/h3-5,7-8,12-14H,6,9-10H2,1-2H3;1-8H;1-3,5-6,10-11,13H,4,7-8,12H2;6*1-2H3. The lowest BCUT2D eigenvalue weighted by Crippen LogP contribution is -2.45. The fourth-order valence-electron chi connectivity index (χ4n) is 5.91. The van der Waals surface area contributed by atoms with Crippen molar-refractivity contribution in [2.24, 2.45) is 5.73 Å². The molecule has 6 rings (SSSR count). The van der Waals surface area contributed by atoms with Crippen molar-refractivity contribution in [3.63, 3.8) is 0 Å². The number of nitro groups is 1. The predicted octanol–water partition coefficient (Wildman–Crippen LogP) is 12.3. The van der Waals surface area contributed by atoms with Crippen LogP contribution in [0.4, 0.5) is 5.69 Å². The Balaban J connectivity index is -0.000000648. The van der Waals surface area contributed by atoms with Gasteiger partial charge in [0.1, 0.15) is 5.69 Å². The van der Waals surface area contributed by atoms with Gasteiger partial charge in [0.05, 0.1) is 4.92 Å². The van der Waals surface area contributed by atoms with E-state index in [0.717, 1.165) is 18.5 Å². The second-order valence-electron chi connectivity index (χ2n) is 11.0. The summed E-state index contributed by atoms with van der Waals surface area (Å²) in [5, 5.41) is 17.7. The van der Waals surface area contributed by atoms with Gasteiger partial charge in [-0.15, -0.1) is 0 Å². The zero-order chi connectivity index (χ0) is 42.4. The number of piperidine rings is 2. The van der Waals surface area contributed by atoms with E-state index in [9.17, 15) is 10.1 Å². The Kier molecular flexibility index (Phi) is 38.6. The van der Waals surface area contributed by atoms with Crippen LogP contribution in [0.2, 0.25) is 0 Å². The number of hydrogen-bond donors (Lipinski definition) is 3. The molecule has 0 radical (unpaired) electrons. The van der Waals surface area contributed by atoms with Crippen molar-refractivity contribution < 1.29 is 4.92 Å². The number of pyridine rings is 1. The third-order valence-electron chi connectivity index (χ3n) is 8.09. The van der Waals surface area contributed by atoms with Crippen LogP contribution in [-0.2, 0) is 0 Å². The first-order valence-corrected chi connectivity index (χ1v) is 21.1. The lowest BCUT2D eigenvalue weighted by molar-refractivity contribution is -0.384. The van der Waals surface area contributed by atoms with Crippen LogP contribution in [0.25, 0.3) is 11.3 Å². The topological polar surface area (TPSA) is 109 Å². The average Bonchev–Trinajstić information content (AvgIpc) is 3.29. The summed E-state index contributed by atoms with van der Waals surface area (Å²) < 4.78 is 0. The molecule has 2 saturated heterocycles. The van der Waals surface area contributed by atoms with Crippen LogP contribution < -0.4 is 16.4 Å². The van der Waals surface area contributed by atoms with E-state index < -0.39 is 4.92 Å². The number of nitrogens with zero attached hydrogens (tertiary/aromatic N) is 3. The molecule has 0 amide bonds. The molecule has 2 aliphatic heterocycles. The summed E-state index contributed by atoms with van der Waals surface area (Å²) in [4.78, 5) is 16.8. The third kappa shape index (κ3) is 21.1. The summed E-state index contributed by atoms with van der Waals surface area (Å²) in [6, 6.07) is 35.1. The Bertz CT molecular complexity index is 1380. The molecule has 2 aliphatic rings. The quantitative estimate of drug-likeness (QED) is 0.137. The van der Waals surface area contributed by atoms with Gasteiger partial charge < -0.3 is 16.4 Å². The number of nitrogens with one attached hydrogen (secondary N) is 2. The highest BCUT2D eigenvalue weighted by molar-refractivity contribution is 5.68. The van der Waals surface area contributed by atoms with E-state index in [1.807, 2.05) is 107 Å². The van der Waals surface area contributed by atoms with Gasteiger partial charge in [0, 0.05) is 42.0 Å². The summed E-state index contributed by atoms with van der Waals surface area (Å²) in [5.74, 6) is 0. The lowest BCUT2D eigenvalue weighted by Gasteiger charge is -2.39. The van der Waals surface area contributed by atoms with Crippen LogP contribution in [-0.4, -0.2) is 54.1 Å². The first-order valence-electron chi connectivity index (χ1n) is 21.1. The molecule has 1 aromatic heterocycles. The van der Waals surface area contributed by atoms with E-state index >= 15 is 0 Å². The largest absolute Gasteiger partial charge is 0.326 e. The maximum atomic E-state index is 10.8. The van der Waals surface area contributed by atoms with Crippen molar-refractivity contribution >= 4 is 5.69 Å². The molecule has 55 heavy (non-hydrogen) atoms. The number of likely N-dealkylation sites (N-methyl/N-ethyl adjacent to an activating group) is 2. The van der Waals surface area contributed by atoms with Gasteiger partial charge in [-0.1, -0.05) is 174 Å². The van der Waals surface area contributed by atoms with Crippen molar-refractivity contribution in [2.75, 3.05) is 27.2 Å². The van der Waals surface area contributed by atoms with Gasteiger partial charge in [0.25, 0.3) is 5.69 Å².